The lowest BCUT2D eigenvalue weighted by Crippen LogP contribution is -2.42. The van der Waals surface area contributed by atoms with Gasteiger partial charge in [-0.3, -0.25) is 9.69 Å². The number of nitrogens with two attached hydrogens (primary N) is 1. The van der Waals surface area contributed by atoms with Crippen LogP contribution in [0.1, 0.15) is 39.2 Å². The van der Waals surface area contributed by atoms with Crippen LogP contribution in [0.15, 0.2) is 28.8 Å². The summed E-state index contributed by atoms with van der Waals surface area (Å²) in [6.45, 7) is 5.88. The number of halogens is 2. The van der Waals surface area contributed by atoms with E-state index in [-0.39, 0.29) is 35.9 Å². The van der Waals surface area contributed by atoms with Crippen LogP contribution in [0, 0.1) is 5.92 Å². The van der Waals surface area contributed by atoms with Crippen molar-refractivity contribution < 1.29 is 28.2 Å². The molecule has 3 rings (SSSR count). The number of amides is 1. The number of benzene rings is 1. The molecule has 2 aliphatic rings. The Morgan fingerprint density at radius 3 is 2.51 bits per heavy atom. The van der Waals surface area contributed by atoms with Crippen LogP contribution in [0.4, 0.5) is 0 Å². The molecule has 0 unspecified atom stereocenters. The Labute approximate surface area is 231 Å². The number of nitrogens with zero attached hydrogens (tertiary/aromatic N) is 2. The highest BCUT2D eigenvalue weighted by atomic mass is 35.5. The second-order valence-electron chi connectivity index (χ2n) is 9.55. The van der Waals surface area contributed by atoms with Crippen LogP contribution < -0.4 is 9.86 Å². The summed E-state index contributed by atoms with van der Waals surface area (Å²) in [7, 11) is -3.90. The predicted molar refractivity (Wildman–Crippen MR) is 144 cm³/mol. The van der Waals surface area contributed by atoms with Crippen LogP contribution in [0.3, 0.4) is 0 Å². The third-order valence-corrected chi connectivity index (χ3v) is 9.40. The van der Waals surface area contributed by atoms with Gasteiger partial charge in [-0.1, -0.05) is 36.2 Å². The molecule has 5 atom stereocenters. The molecular weight excluding hydrogens is 563 g/mol. The molecule has 0 radical (unpaired) electrons. The monoisotopic (exact) mass is 594 g/mol. The molecule has 5 N–H and O–H groups in total. The van der Waals surface area contributed by atoms with E-state index in [4.69, 9.17) is 28.3 Å². The van der Waals surface area contributed by atoms with E-state index in [9.17, 15) is 28.2 Å². The zero-order valence-electron chi connectivity index (χ0n) is 20.7. The number of aliphatic hydroxyl groups is 1. The van der Waals surface area contributed by atoms with E-state index in [1.165, 1.54) is 23.6 Å². The van der Waals surface area contributed by atoms with Crippen molar-refractivity contribution >= 4 is 57.0 Å². The van der Waals surface area contributed by atoms with Crippen LogP contribution in [-0.2, 0) is 26.3 Å². The first-order chi connectivity index (χ1) is 17.2. The van der Waals surface area contributed by atoms with Crippen molar-refractivity contribution in [3.05, 3.63) is 44.4 Å². The molecule has 206 valence electrons. The van der Waals surface area contributed by atoms with E-state index in [2.05, 4.69) is 9.62 Å². The fourth-order valence-electron chi connectivity index (χ4n) is 5.01. The minimum atomic E-state index is -3.90. The summed E-state index contributed by atoms with van der Waals surface area (Å²) in [5.74, 6) is -1.89. The second-order valence-corrected chi connectivity index (χ2v) is 13.1. The van der Waals surface area contributed by atoms with Crippen molar-refractivity contribution in [1.82, 2.24) is 14.5 Å². The van der Waals surface area contributed by atoms with E-state index in [0.717, 1.165) is 5.56 Å². The summed E-state index contributed by atoms with van der Waals surface area (Å²) < 4.78 is 25.5. The highest BCUT2D eigenvalue weighted by molar-refractivity contribution is 8.03. The molecule has 1 fully saturated rings. The highest BCUT2D eigenvalue weighted by Crippen LogP contribution is 2.46. The summed E-state index contributed by atoms with van der Waals surface area (Å²) in [6, 6.07) is 4.60. The van der Waals surface area contributed by atoms with E-state index >= 15 is 0 Å². The SMILES string of the molecule is CC(=O)N1C(C(=O)O)=C(S[C@H]2C[C@@H](CNS(N)(=O)=O)N(Cc3ccc(Cl)c(Cl)c3)C2)[C@H](C)[C@@H]1C[C@@H](C)O. The van der Waals surface area contributed by atoms with Crippen molar-refractivity contribution in [3.63, 3.8) is 0 Å². The molecule has 37 heavy (non-hydrogen) atoms. The fraction of sp³-hybridized carbons (Fsp3) is 0.565. The number of likely N-dealkylation sites (tertiary alicyclic amines) is 1. The van der Waals surface area contributed by atoms with Gasteiger partial charge in [-0.15, -0.1) is 11.8 Å². The fourth-order valence-corrected chi connectivity index (χ4v) is 7.37. The minimum absolute atomic E-state index is 0.0576. The largest absolute Gasteiger partial charge is 0.477 e. The first-order valence-electron chi connectivity index (χ1n) is 11.7. The molecule has 0 spiro atoms. The van der Waals surface area contributed by atoms with E-state index in [1.807, 2.05) is 13.0 Å². The first kappa shape index (κ1) is 30.2. The van der Waals surface area contributed by atoms with Crippen molar-refractivity contribution in [3.8, 4) is 0 Å². The maximum absolute atomic E-state index is 12.5. The Kier molecular flexibility index (Phi) is 9.95. The predicted octanol–water partition coefficient (Wildman–Crippen LogP) is 2.40. The van der Waals surface area contributed by atoms with Gasteiger partial charge < -0.3 is 15.1 Å². The number of hydrogen-bond donors (Lipinski definition) is 4. The Balaban J connectivity index is 1.87. The maximum Gasteiger partial charge on any atom is 0.353 e. The van der Waals surface area contributed by atoms with Gasteiger partial charge in [-0.25, -0.2) is 14.7 Å². The van der Waals surface area contributed by atoms with Crippen LogP contribution in [0.25, 0.3) is 0 Å². The molecule has 0 bridgehead atoms. The van der Waals surface area contributed by atoms with Crippen LogP contribution >= 0.6 is 35.0 Å². The first-order valence-corrected chi connectivity index (χ1v) is 14.9. The van der Waals surface area contributed by atoms with Crippen molar-refractivity contribution in [2.75, 3.05) is 13.1 Å². The molecule has 14 heteroatoms. The smallest absolute Gasteiger partial charge is 0.353 e. The third-order valence-electron chi connectivity index (χ3n) is 6.59. The maximum atomic E-state index is 12.5. The van der Waals surface area contributed by atoms with Crippen molar-refractivity contribution in [2.45, 2.75) is 63.6 Å². The summed E-state index contributed by atoms with van der Waals surface area (Å²) in [5.41, 5.74) is 0.831. The van der Waals surface area contributed by atoms with E-state index in [0.29, 0.717) is 34.5 Å². The molecule has 0 saturated carbocycles. The molecule has 1 amide bonds. The molecule has 0 aliphatic carbocycles. The van der Waals surface area contributed by atoms with Gasteiger partial charge in [0.25, 0.3) is 10.2 Å². The average Bonchev–Trinajstić information content (AvgIpc) is 3.27. The number of carboxylic acids is 1. The quantitative estimate of drug-likeness (QED) is 0.322. The van der Waals surface area contributed by atoms with Gasteiger partial charge in [0.15, 0.2) is 0 Å². The number of carbonyl (C=O) groups excluding carboxylic acids is 1. The molecule has 10 nitrogen and oxygen atoms in total. The normalized spacial score (nSPS) is 25.6. The number of hydrogen-bond acceptors (Lipinski definition) is 7. The molecular formula is C23H32Cl2N4O6S2. The summed E-state index contributed by atoms with van der Waals surface area (Å²) in [4.78, 5) is 28.7. The lowest BCUT2D eigenvalue weighted by molar-refractivity contribution is -0.140. The Morgan fingerprint density at radius 2 is 1.97 bits per heavy atom. The number of rotatable bonds is 10. The number of thioether (sulfide) groups is 1. The minimum Gasteiger partial charge on any atom is -0.477 e. The number of carboxylic acid groups (broad SMARTS) is 1. The number of aliphatic hydroxyl groups excluding tert-OH is 1. The van der Waals surface area contributed by atoms with Gasteiger partial charge in [-0.2, -0.15) is 8.42 Å². The van der Waals surface area contributed by atoms with Gasteiger partial charge >= 0.3 is 5.97 Å². The van der Waals surface area contributed by atoms with Gasteiger partial charge in [0.05, 0.1) is 16.1 Å². The topological polar surface area (TPSA) is 153 Å². The average molecular weight is 596 g/mol. The highest BCUT2D eigenvalue weighted by Gasteiger charge is 2.45. The van der Waals surface area contributed by atoms with Crippen LogP contribution in [0.2, 0.25) is 10.0 Å². The number of nitrogens with one attached hydrogen (secondary N) is 1. The van der Waals surface area contributed by atoms with Gasteiger partial charge in [-0.05, 0) is 37.5 Å². The summed E-state index contributed by atoms with van der Waals surface area (Å²) >= 11 is 13.6. The van der Waals surface area contributed by atoms with Crippen LogP contribution in [-0.4, -0.2) is 76.8 Å². The molecule has 0 aromatic heterocycles. The standard InChI is InChI=1S/C23H32Cl2N4O6S2/c1-12(30)6-20-13(2)22(21(23(32)33)29(20)14(3)31)36-17-8-16(9-27-37(26,34)35)28(11-17)10-15-4-5-18(24)19(25)7-15/h4-5,7,12-13,16-17,20,27,30H,6,8-11H2,1-3H3,(H,32,33)(H2,26,34,35)/t12-,13-,16+,17+,20+/m1/s1. The molecule has 1 saturated heterocycles. The number of aliphatic carboxylic acids is 1. The number of carbonyl (C=O) groups is 2. The summed E-state index contributed by atoms with van der Waals surface area (Å²) in [6.07, 6.45) is 0.0885. The lowest BCUT2D eigenvalue weighted by Gasteiger charge is -2.28. The van der Waals surface area contributed by atoms with Gasteiger partial charge in [0, 0.05) is 54.7 Å². The van der Waals surface area contributed by atoms with E-state index in [1.54, 1.807) is 19.1 Å². The second kappa shape index (κ2) is 12.2. The molecule has 2 heterocycles. The van der Waals surface area contributed by atoms with Crippen LogP contribution in [0.5, 0.6) is 0 Å². The lowest BCUT2D eigenvalue weighted by atomic mass is 9.98. The molecule has 1 aromatic carbocycles. The molecule has 1 aromatic rings. The Hall–Kier alpha value is -1.38. The summed E-state index contributed by atoms with van der Waals surface area (Å²) in [5, 5.41) is 25.9. The van der Waals surface area contributed by atoms with Crippen molar-refractivity contribution in [1.29, 1.82) is 0 Å². The zero-order chi connectivity index (χ0) is 27.7. The van der Waals surface area contributed by atoms with Crippen molar-refractivity contribution in [2.24, 2.45) is 11.1 Å². The Morgan fingerprint density at radius 1 is 1.30 bits per heavy atom. The molecule has 2 aliphatic heterocycles. The van der Waals surface area contributed by atoms with Gasteiger partial charge in [0.2, 0.25) is 5.91 Å². The third kappa shape index (κ3) is 7.60. The van der Waals surface area contributed by atoms with Gasteiger partial charge in [0.1, 0.15) is 5.70 Å². The van der Waals surface area contributed by atoms with E-state index < -0.39 is 34.2 Å². The zero-order valence-corrected chi connectivity index (χ0v) is 23.9. The Bertz CT molecular complexity index is 1180.